The Kier molecular flexibility index (Phi) is 7.60. The molecule has 32 heavy (non-hydrogen) atoms. The van der Waals surface area contributed by atoms with Crippen molar-refractivity contribution in [2.75, 3.05) is 52.8 Å². The van der Waals surface area contributed by atoms with E-state index in [4.69, 9.17) is 14.2 Å². The largest absolute Gasteiger partial charge is 0.496 e. The lowest BCUT2D eigenvalue weighted by atomic mass is 10.1. The first kappa shape index (κ1) is 23.8. The molecule has 0 atom stereocenters. The van der Waals surface area contributed by atoms with Crippen molar-refractivity contribution >= 4 is 21.6 Å². The summed E-state index contributed by atoms with van der Waals surface area (Å²) >= 11 is 0. The summed E-state index contributed by atoms with van der Waals surface area (Å²) in [4.78, 5) is 13.5. The van der Waals surface area contributed by atoms with E-state index in [0.29, 0.717) is 55.7 Å². The minimum absolute atomic E-state index is 0.206. The molecule has 1 aliphatic heterocycles. The number of hydrogen-bond donors (Lipinski definition) is 1. The van der Waals surface area contributed by atoms with Crippen LogP contribution in [0.4, 0.5) is 5.69 Å². The summed E-state index contributed by atoms with van der Waals surface area (Å²) in [6.45, 7) is 3.93. The third-order valence-electron chi connectivity index (χ3n) is 5.32. The number of rotatable bonds is 8. The molecule has 0 bridgehead atoms. The molecule has 0 saturated carbocycles. The summed E-state index contributed by atoms with van der Waals surface area (Å²) in [6, 6.07) is 9.89. The van der Waals surface area contributed by atoms with Crippen LogP contribution in [-0.4, -0.2) is 71.0 Å². The van der Waals surface area contributed by atoms with Gasteiger partial charge < -0.3 is 19.5 Å². The predicted octanol–water partition coefficient (Wildman–Crippen LogP) is 2.18. The number of benzene rings is 2. The third-order valence-corrected chi connectivity index (χ3v) is 7.24. The fourth-order valence-electron chi connectivity index (χ4n) is 3.65. The van der Waals surface area contributed by atoms with E-state index in [-0.39, 0.29) is 10.8 Å². The van der Waals surface area contributed by atoms with Gasteiger partial charge in [0.1, 0.15) is 5.75 Å². The molecule has 0 spiro atoms. The van der Waals surface area contributed by atoms with Crippen molar-refractivity contribution < 1.29 is 27.4 Å². The fourth-order valence-corrected chi connectivity index (χ4v) is 5.07. The van der Waals surface area contributed by atoms with Crippen LogP contribution in [0.2, 0.25) is 0 Å². The summed E-state index contributed by atoms with van der Waals surface area (Å²) in [7, 11) is 1.16. The number of carbonyl (C=O) groups excluding carboxylic acids is 1. The highest BCUT2D eigenvalue weighted by Crippen LogP contribution is 2.35. The second kappa shape index (κ2) is 10.2. The smallest absolute Gasteiger partial charge is 0.243 e. The maximum absolute atomic E-state index is 13.0. The summed E-state index contributed by atoms with van der Waals surface area (Å²) in [6.07, 6.45) is 0. The molecule has 1 saturated heterocycles. The van der Waals surface area contributed by atoms with Crippen LogP contribution < -0.4 is 19.5 Å². The van der Waals surface area contributed by atoms with Crippen molar-refractivity contribution in [2.24, 2.45) is 0 Å². The van der Waals surface area contributed by atoms with Crippen LogP contribution in [-0.2, 0) is 21.4 Å². The lowest BCUT2D eigenvalue weighted by molar-refractivity contribution is -0.114. The van der Waals surface area contributed by atoms with Crippen LogP contribution in [0.25, 0.3) is 0 Å². The molecule has 9 nitrogen and oxygen atoms in total. The van der Waals surface area contributed by atoms with Gasteiger partial charge in [-0.05, 0) is 30.3 Å². The standard InChI is InChI=1S/C22H29N3O6S/c1-16(26)23-18-5-7-19(8-6-18)32(27,28)25-11-9-24(10-12-25)15-17-13-21(30-3)22(31-4)14-20(17)29-2/h5-8,13-14H,9-12,15H2,1-4H3,(H,23,26). The highest BCUT2D eigenvalue weighted by molar-refractivity contribution is 7.89. The van der Waals surface area contributed by atoms with Gasteiger partial charge in [0.2, 0.25) is 15.9 Å². The van der Waals surface area contributed by atoms with Gasteiger partial charge in [-0.15, -0.1) is 0 Å². The molecule has 1 aliphatic rings. The number of sulfonamides is 1. The van der Waals surface area contributed by atoms with E-state index in [2.05, 4.69) is 10.2 Å². The minimum Gasteiger partial charge on any atom is -0.496 e. The first-order valence-corrected chi connectivity index (χ1v) is 11.6. The van der Waals surface area contributed by atoms with E-state index in [0.717, 1.165) is 5.56 Å². The van der Waals surface area contributed by atoms with Crippen LogP contribution in [0.1, 0.15) is 12.5 Å². The fraction of sp³-hybridized carbons (Fsp3) is 0.409. The van der Waals surface area contributed by atoms with E-state index in [1.807, 2.05) is 6.07 Å². The molecule has 3 rings (SSSR count). The van der Waals surface area contributed by atoms with Crippen molar-refractivity contribution in [1.29, 1.82) is 0 Å². The second-order valence-electron chi connectivity index (χ2n) is 7.40. The van der Waals surface area contributed by atoms with E-state index in [1.165, 1.54) is 23.4 Å². The molecule has 0 unspecified atom stereocenters. The van der Waals surface area contributed by atoms with Crippen molar-refractivity contribution in [3.8, 4) is 17.2 Å². The molecule has 0 radical (unpaired) electrons. The van der Waals surface area contributed by atoms with E-state index >= 15 is 0 Å². The van der Waals surface area contributed by atoms with Crippen molar-refractivity contribution in [1.82, 2.24) is 9.21 Å². The normalized spacial score (nSPS) is 15.2. The number of nitrogens with zero attached hydrogens (tertiary/aromatic N) is 2. The second-order valence-corrected chi connectivity index (χ2v) is 9.34. The van der Waals surface area contributed by atoms with E-state index < -0.39 is 10.0 Å². The molecule has 1 heterocycles. The van der Waals surface area contributed by atoms with Gasteiger partial charge in [-0.2, -0.15) is 4.31 Å². The van der Waals surface area contributed by atoms with Gasteiger partial charge in [0, 0.05) is 57.0 Å². The SMILES string of the molecule is COc1cc(OC)c(OC)cc1CN1CCN(S(=O)(=O)c2ccc(NC(C)=O)cc2)CC1. The maximum Gasteiger partial charge on any atom is 0.243 e. The highest BCUT2D eigenvalue weighted by atomic mass is 32.2. The molecule has 174 valence electrons. The van der Waals surface area contributed by atoms with Crippen LogP contribution in [0.5, 0.6) is 17.2 Å². The monoisotopic (exact) mass is 463 g/mol. The molecule has 0 aromatic heterocycles. The number of methoxy groups -OCH3 is 3. The molecule has 0 aliphatic carbocycles. The Balaban J connectivity index is 1.66. The van der Waals surface area contributed by atoms with Gasteiger partial charge in [-0.25, -0.2) is 8.42 Å². The minimum atomic E-state index is -3.60. The average molecular weight is 464 g/mol. The van der Waals surface area contributed by atoms with Crippen LogP contribution in [0.3, 0.4) is 0 Å². The maximum atomic E-state index is 13.0. The summed E-state index contributed by atoms with van der Waals surface area (Å²) in [5, 5.41) is 2.64. The number of carbonyl (C=O) groups is 1. The summed E-state index contributed by atoms with van der Waals surface area (Å²) in [5.74, 6) is 1.69. The number of anilines is 1. The molecular formula is C22H29N3O6S. The third kappa shape index (κ3) is 5.32. The van der Waals surface area contributed by atoms with Gasteiger partial charge in [0.25, 0.3) is 0 Å². The lowest BCUT2D eigenvalue weighted by Gasteiger charge is -2.34. The number of ether oxygens (including phenoxy) is 3. The predicted molar refractivity (Wildman–Crippen MR) is 121 cm³/mol. The average Bonchev–Trinajstić information content (AvgIpc) is 2.79. The Hall–Kier alpha value is -2.82. The Morgan fingerprint density at radius 2 is 1.47 bits per heavy atom. The lowest BCUT2D eigenvalue weighted by Crippen LogP contribution is -2.48. The highest BCUT2D eigenvalue weighted by Gasteiger charge is 2.29. The number of amides is 1. The van der Waals surface area contributed by atoms with Crippen molar-refractivity contribution in [3.05, 3.63) is 42.0 Å². The Morgan fingerprint density at radius 3 is 2.00 bits per heavy atom. The Labute approximate surface area is 188 Å². The van der Waals surface area contributed by atoms with Gasteiger partial charge in [0.05, 0.1) is 26.2 Å². The van der Waals surface area contributed by atoms with Crippen LogP contribution >= 0.6 is 0 Å². The van der Waals surface area contributed by atoms with Crippen LogP contribution in [0, 0.1) is 0 Å². The van der Waals surface area contributed by atoms with Crippen molar-refractivity contribution in [2.45, 2.75) is 18.4 Å². The zero-order valence-electron chi connectivity index (χ0n) is 18.8. The first-order valence-electron chi connectivity index (χ1n) is 10.2. The van der Waals surface area contributed by atoms with Crippen molar-refractivity contribution in [3.63, 3.8) is 0 Å². The molecule has 1 N–H and O–H groups in total. The number of hydrogen-bond acceptors (Lipinski definition) is 7. The molecular weight excluding hydrogens is 434 g/mol. The molecule has 10 heteroatoms. The number of piperazine rings is 1. The zero-order chi connectivity index (χ0) is 23.3. The molecule has 2 aromatic carbocycles. The molecule has 1 fully saturated rings. The van der Waals surface area contributed by atoms with Gasteiger partial charge >= 0.3 is 0 Å². The van der Waals surface area contributed by atoms with Gasteiger partial charge in [0.15, 0.2) is 11.5 Å². The molecule has 2 aromatic rings. The summed E-state index contributed by atoms with van der Waals surface area (Å²) in [5.41, 5.74) is 1.50. The number of nitrogens with one attached hydrogen (secondary N) is 1. The quantitative estimate of drug-likeness (QED) is 0.641. The zero-order valence-corrected chi connectivity index (χ0v) is 19.6. The van der Waals surface area contributed by atoms with E-state index in [9.17, 15) is 13.2 Å². The van der Waals surface area contributed by atoms with E-state index in [1.54, 1.807) is 39.5 Å². The van der Waals surface area contributed by atoms with Crippen LogP contribution in [0.15, 0.2) is 41.3 Å². The Morgan fingerprint density at radius 1 is 0.906 bits per heavy atom. The first-order chi connectivity index (χ1) is 15.3. The summed E-state index contributed by atoms with van der Waals surface area (Å²) < 4.78 is 43.7. The molecule has 1 amide bonds. The topological polar surface area (TPSA) is 97.4 Å². The van der Waals surface area contributed by atoms with Gasteiger partial charge in [-0.3, -0.25) is 9.69 Å². The Bertz CT molecular complexity index is 1050. The van der Waals surface area contributed by atoms with Gasteiger partial charge in [-0.1, -0.05) is 0 Å².